The lowest BCUT2D eigenvalue weighted by molar-refractivity contribution is -0.143. The van der Waals surface area contributed by atoms with Crippen molar-refractivity contribution in [3.8, 4) is 0 Å². The van der Waals surface area contributed by atoms with Crippen molar-refractivity contribution in [1.82, 2.24) is 26.2 Å². The van der Waals surface area contributed by atoms with Crippen LogP contribution in [-0.2, 0) is 43.0 Å². The maximum absolute atomic E-state index is 14.6. The Labute approximate surface area is 332 Å². The smallest absolute Gasteiger partial charge is 0.336 e. The van der Waals surface area contributed by atoms with Gasteiger partial charge in [0.2, 0.25) is 29.4 Å². The zero-order valence-electron chi connectivity index (χ0n) is 33.0. The molecule has 0 aromatic heterocycles. The Kier molecular flexibility index (Phi) is 19.5. The number of nitrogens with two attached hydrogens (primary N) is 1. The van der Waals surface area contributed by atoms with E-state index < -0.39 is 84.0 Å². The average Bonchev–Trinajstić information content (AvgIpc) is 3.64. The van der Waals surface area contributed by atoms with E-state index in [4.69, 9.17) is 19.9 Å². The first-order valence-corrected chi connectivity index (χ1v) is 19.7. The maximum atomic E-state index is 14.6. The Bertz CT molecular complexity index is 1570. The van der Waals surface area contributed by atoms with E-state index in [0.29, 0.717) is 38.7 Å². The molecule has 2 aliphatic rings. The number of ether oxygens (including phenoxy) is 3. The first-order valence-electron chi connectivity index (χ1n) is 19.7. The van der Waals surface area contributed by atoms with Crippen molar-refractivity contribution in [3.63, 3.8) is 0 Å². The molecule has 3 unspecified atom stereocenters. The quantitative estimate of drug-likeness (QED) is 0.0482. The molecular weight excluding hydrogens is 744 g/mol. The number of ketones is 1. The normalized spacial score (nSPS) is 18.5. The van der Waals surface area contributed by atoms with Crippen LogP contribution < -0.4 is 27.0 Å². The van der Waals surface area contributed by atoms with Crippen LogP contribution in [-0.4, -0.2) is 128 Å². The predicted octanol–water partition coefficient (Wildman–Crippen LogP) is 0.801. The number of hydrogen-bond donors (Lipinski definition) is 6. The molecule has 0 radical (unpaired) electrons. The van der Waals surface area contributed by atoms with E-state index in [0.717, 1.165) is 25.7 Å². The van der Waals surface area contributed by atoms with Crippen LogP contribution in [0.15, 0.2) is 24.3 Å². The molecule has 2 fully saturated rings. The van der Waals surface area contributed by atoms with E-state index in [-0.39, 0.29) is 49.8 Å². The van der Waals surface area contributed by atoms with Crippen LogP contribution in [0, 0.1) is 5.92 Å². The van der Waals surface area contributed by atoms with Crippen LogP contribution >= 0.6 is 0 Å². The van der Waals surface area contributed by atoms with Crippen molar-refractivity contribution in [3.05, 3.63) is 35.4 Å². The van der Waals surface area contributed by atoms with E-state index in [9.17, 15) is 43.5 Å². The number of hydrogen-bond acceptors (Lipinski definition) is 11. The summed E-state index contributed by atoms with van der Waals surface area (Å²) >= 11 is 0. The van der Waals surface area contributed by atoms with Gasteiger partial charge in [-0.05, 0) is 43.7 Å². The Balaban J connectivity index is 1.82. The minimum absolute atomic E-state index is 0.00312. The Hall–Kier alpha value is -4.94. The summed E-state index contributed by atoms with van der Waals surface area (Å²) in [6.45, 7) is 3.36. The van der Waals surface area contributed by atoms with Gasteiger partial charge in [0.25, 0.3) is 11.8 Å². The number of carbonyl (C=O) groups is 8. The summed E-state index contributed by atoms with van der Waals surface area (Å²) in [5.41, 5.74) is 5.02. The third-order valence-corrected chi connectivity index (χ3v) is 10.1. The van der Waals surface area contributed by atoms with E-state index >= 15 is 0 Å². The third kappa shape index (κ3) is 14.2. The molecule has 1 saturated carbocycles. The molecule has 1 saturated heterocycles. The van der Waals surface area contributed by atoms with Gasteiger partial charge in [-0.15, -0.1) is 0 Å². The molecule has 1 aliphatic heterocycles. The van der Waals surface area contributed by atoms with Crippen LogP contribution in [0.3, 0.4) is 0 Å². The van der Waals surface area contributed by atoms with Crippen molar-refractivity contribution in [2.75, 3.05) is 40.2 Å². The molecule has 57 heavy (non-hydrogen) atoms. The predicted molar refractivity (Wildman–Crippen MR) is 204 cm³/mol. The molecule has 6 amide bonds. The van der Waals surface area contributed by atoms with Crippen molar-refractivity contribution in [2.24, 2.45) is 11.7 Å². The molecule has 0 bridgehead atoms. The summed E-state index contributed by atoms with van der Waals surface area (Å²) < 4.78 is 16.3. The molecular formula is C39H58N6O12. The fourth-order valence-corrected chi connectivity index (χ4v) is 7.04. The van der Waals surface area contributed by atoms with Gasteiger partial charge in [-0.2, -0.15) is 0 Å². The average molecular weight is 803 g/mol. The summed E-state index contributed by atoms with van der Waals surface area (Å²) in [7, 11) is 1.52. The van der Waals surface area contributed by atoms with Crippen LogP contribution in [0.2, 0.25) is 0 Å². The molecule has 0 spiro atoms. The van der Waals surface area contributed by atoms with Gasteiger partial charge in [-0.3, -0.25) is 33.6 Å². The van der Waals surface area contributed by atoms with Crippen molar-refractivity contribution < 1.29 is 57.7 Å². The number of rotatable bonds is 24. The molecule has 1 aliphatic carbocycles. The molecule has 18 nitrogen and oxygen atoms in total. The van der Waals surface area contributed by atoms with Crippen LogP contribution in [0.5, 0.6) is 0 Å². The van der Waals surface area contributed by atoms with E-state index in [1.165, 1.54) is 36.3 Å². The summed E-state index contributed by atoms with van der Waals surface area (Å²) in [6.07, 6.45) is 5.23. The second-order valence-electron chi connectivity index (χ2n) is 14.3. The fraction of sp³-hybridized carbons (Fsp3) is 0.641. The van der Waals surface area contributed by atoms with Gasteiger partial charge in [-0.25, -0.2) is 4.79 Å². The number of unbranched alkanes of at least 4 members (excludes halogenated alkanes) is 1. The number of Topliss-reactive ketones (excluding diaryl/α,β-unsaturated/α-hetero) is 1. The van der Waals surface area contributed by atoms with E-state index in [1.54, 1.807) is 6.92 Å². The zero-order valence-corrected chi connectivity index (χ0v) is 33.0. The number of nitrogens with zero attached hydrogens (tertiary/aromatic N) is 1. The minimum Gasteiger partial charge on any atom is -0.478 e. The topological polar surface area (TPSA) is 262 Å². The third-order valence-electron chi connectivity index (χ3n) is 10.1. The van der Waals surface area contributed by atoms with Gasteiger partial charge in [0, 0.05) is 20.1 Å². The molecule has 18 heteroatoms. The lowest BCUT2D eigenvalue weighted by Gasteiger charge is -2.35. The Morgan fingerprint density at radius 1 is 0.895 bits per heavy atom. The zero-order chi connectivity index (χ0) is 41.9. The standard InChI is InChI=1S/C39H58N6O12/c1-4-6-17-29(34(40)48)42-31(46)21-41-37(51)33(47)28(12-5-2)43-36(50)30-20-25(57-23-56-19-18-55-3)22-45(30)38(52)32(24-13-8-7-9-14-24)44-35(49)26-15-10-11-16-27(26)39(53)54/h10-11,15-16,24-25,28-30,32H,4-9,12-14,17-23H2,1-3H3,(H2,40,48)(H,41,51)(H,42,46)(H,43,50)(H,44,49)(H,53,54)/t25-,28?,29?,30+,32?/m1/s1. The minimum atomic E-state index is -1.32. The largest absolute Gasteiger partial charge is 0.478 e. The number of primary amides is 1. The van der Waals surface area contributed by atoms with Gasteiger partial charge < -0.3 is 51.2 Å². The number of carboxylic acids is 1. The number of nitrogens with one attached hydrogen (secondary N) is 4. The maximum Gasteiger partial charge on any atom is 0.336 e. The Morgan fingerprint density at radius 3 is 2.23 bits per heavy atom. The van der Waals surface area contributed by atoms with Gasteiger partial charge in [0.1, 0.15) is 24.9 Å². The van der Waals surface area contributed by atoms with E-state index in [1.807, 2.05) is 6.92 Å². The fourth-order valence-electron chi connectivity index (χ4n) is 7.04. The first kappa shape index (κ1) is 46.4. The molecule has 3 rings (SSSR count). The SMILES string of the molecule is CCCCC(NC(=O)CNC(=O)C(=O)C(CCC)NC(=O)[C@@H]1C[C@@H](OCOCCOC)CN1C(=O)C(NC(=O)c1ccccc1C(=O)O)C1CCCCC1)C(N)=O. The first-order chi connectivity index (χ1) is 27.3. The number of amides is 6. The molecule has 1 aromatic carbocycles. The Morgan fingerprint density at radius 2 is 1.60 bits per heavy atom. The molecule has 1 heterocycles. The van der Waals surface area contributed by atoms with Crippen molar-refractivity contribution in [2.45, 2.75) is 115 Å². The highest BCUT2D eigenvalue weighted by Crippen LogP contribution is 2.30. The number of likely N-dealkylation sites (tertiary alicyclic amines) is 1. The van der Waals surface area contributed by atoms with Crippen LogP contribution in [0.1, 0.15) is 105 Å². The second-order valence-corrected chi connectivity index (χ2v) is 14.3. The highest BCUT2D eigenvalue weighted by atomic mass is 16.7. The summed E-state index contributed by atoms with van der Waals surface area (Å²) in [5.74, 6) is -7.30. The van der Waals surface area contributed by atoms with Gasteiger partial charge >= 0.3 is 5.97 Å². The highest BCUT2D eigenvalue weighted by molar-refractivity contribution is 6.38. The molecule has 1 aromatic rings. The summed E-state index contributed by atoms with van der Waals surface area (Å²) in [6, 6.07) is 1.10. The van der Waals surface area contributed by atoms with Crippen LogP contribution in [0.4, 0.5) is 0 Å². The van der Waals surface area contributed by atoms with Crippen molar-refractivity contribution in [1.29, 1.82) is 0 Å². The summed E-state index contributed by atoms with van der Waals surface area (Å²) in [5, 5.41) is 19.8. The number of carbonyl (C=O) groups excluding carboxylic acids is 7. The van der Waals surface area contributed by atoms with E-state index in [2.05, 4.69) is 21.3 Å². The lowest BCUT2D eigenvalue weighted by atomic mass is 9.83. The van der Waals surface area contributed by atoms with Gasteiger partial charge in [0.15, 0.2) is 0 Å². The highest BCUT2D eigenvalue weighted by Gasteiger charge is 2.45. The lowest BCUT2D eigenvalue weighted by Crippen LogP contribution is -2.58. The molecule has 5 atom stereocenters. The number of carboxylic acid groups (broad SMARTS) is 1. The second kappa shape index (κ2) is 24.0. The van der Waals surface area contributed by atoms with Crippen LogP contribution in [0.25, 0.3) is 0 Å². The molecule has 7 N–H and O–H groups in total. The monoisotopic (exact) mass is 802 g/mol. The summed E-state index contributed by atoms with van der Waals surface area (Å²) in [4.78, 5) is 106. The number of aromatic carboxylic acids is 1. The van der Waals surface area contributed by atoms with Crippen molar-refractivity contribution >= 4 is 47.2 Å². The van der Waals surface area contributed by atoms with Gasteiger partial charge in [-0.1, -0.05) is 64.5 Å². The molecule has 316 valence electrons. The van der Waals surface area contributed by atoms with Gasteiger partial charge in [0.05, 0.1) is 43.0 Å². The number of methoxy groups -OCH3 is 1. The number of benzene rings is 1.